The zero-order valence-electron chi connectivity index (χ0n) is 4.81. The van der Waals surface area contributed by atoms with E-state index in [1.165, 1.54) is 0 Å². The number of cyclic esters (lactones) is 1. The third kappa shape index (κ3) is 0.735. The fraction of sp³-hybridized carbons (Fsp3) is 0.500. The first-order valence-corrected chi connectivity index (χ1v) is 2.59. The molecular formula is C6H8O2. The van der Waals surface area contributed by atoms with Gasteiger partial charge in [-0.1, -0.05) is 13.5 Å². The van der Waals surface area contributed by atoms with E-state index in [2.05, 4.69) is 11.3 Å². The van der Waals surface area contributed by atoms with Gasteiger partial charge in [0.1, 0.15) is 5.76 Å². The molecule has 0 aromatic heterocycles. The predicted octanol–water partition coefficient (Wildman–Crippen LogP) is 1.08. The molecule has 2 heteroatoms. The van der Waals surface area contributed by atoms with E-state index < -0.39 is 0 Å². The summed E-state index contributed by atoms with van der Waals surface area (Å²) in [6.45, 7) is 5.47. The number of hydrogen-bond acceptors (Lipinski definition) is 2. The Labute approximate surface area is 48.1 Å². The van der Waals surface area contributed by atoms with Gasteiger partial charge in [0, 0.05) is 5.92 Å². The van der Waals surface area contributed by atoms with E-state index in [1.807, 2.05) is 6.92 Å². The SMILES string of the molecule is C=C1OC(=O)C[C@@H]1C. The molecule has 8 heavy (non-hydrogen) atoms. The lowest BCUT2D eigenvalue weighted by atomic mass is 10.1. The van der Waals surface area contributed by atoms with Gasteiger partial charge in [-0.05, 0) is 0 Å². The molecule has 0 aromatic rings. The van der Waals surface area contributed by atoms with Crippen LogP contribution in [0.3, 0.4) is 0 Å². The van der Waals surface area contributed by atoms with Crippen molar-refractivity contribution >= 4 is 5.97 Å². The van der Waals surface area contributed by atoms with Gasteiger partial charge in [-0.3, -0.25) is 4.79 Å². The number of ether oxygens (including phenoxy) is 1. The summed E-state index contributed by atoms with van der Waals surface area (Å²) in [4.78, 5) is 10.4. The molecule has 0 radical (unpaired) electrons. The molecule has 1 fully saturated rings. The Morgan fingerprint density at radius 2 is 2.50 bits per heavy atom. The second kappa shape index (κ2) is 1.62. The lowest BCUT2D eigenvalue weighted by Gasteiger charge is -1.94. The second-order valence-corrected chi connectivity index (χ2v) is 2.05. The summed E-state index contributed by atoms with van der Waals surface area (Å²) >= 11 is 0. The lowest BCUT2D eigenvalue weighted by Crippen LogP contribution is -1.88. The average molecular weight is 112 g/mol. The minimum atomic E-state index is -0.150. The molecule has 0 aromatic carbocycles. The van der Waals surface area contributed by atoms with Crippen LogP contribution in [-0.2, 0) is 9.53 Å². The van der Waals surface area contributed by atoms with Crippen molar-refractivity contribution in [3.05, 3.63) is 12.3 Å². The van der Waals surface area contributed by atoms with E-state index in [0.717, 1.165) is 0 Å². The molecule has 1 saturated heterocycles. The van der Waals surface area contributed by atoms with Crippen LogP contribution in [0.25, 0.3) is 0 Å². The second-order valence-electron chi connectivity index (χ2n) is 2.05. The van der Waals surface area contributed by atoms with E-state index in [4.69, 9.17) is 0 Å². The molecular weight excluding hydrogens is 104 g/mol. The van der Waals surface area contributed by atoms with Crippen molar-refractivity contribution in [1.82, 2.24) is 0 Å². The Morgan fingerprint density at radius 1 is 1.88 bits per heavy atom. The Morgan fingerprint density at radius 3 is 2.62 bits per heavy atom. The van der Waals surface area contributed by atoms with Crippen LogP contribution >= 0.6 is 0 Å². The Bertz CT molecular complexity index is 137. The third-order valence-electron chi connectivity index (χ3n) is 1.27. The fourth-order valence-corrected chi connectivity index (χ4v) is 0.652. The maximum atomic E-state index is 10.4. The van der Waals surface area contributed by atoms with Gasteiger partial charge in [0.25, 0.3) is 0 Å². The number of rotatable bonds is 0. The number of carbonyl (C=O) groups excluding carboxylic acids is 1. The van der Waals surface area contributed by atoms with E-state index >= 15 is 0 Å². The summed E-state index contributed by atoms with van der Waals surface area (Å²) in [6.07, 6.45) is 0.499. The Kier molecular flexibility index (Phi) is 1.08. The predicted molar refractivity (Wildman–Crippen MR) is 29.0 cm³/mol. The van der Waals surface area contributed by atoms with E-state index in [0.29, 0.717) is 12.2 Å². The maximum absolute atomic E-state index is 10.4. The molecule has 0 spiro atoms. The summed E-state index contributed by atoms with van der Waals surface area (Å²) in [5.41, 5.74) is 0. The zero-order chi connectivity index (χ0) is 6.15. The molecule has 44 valence electrons. The zero-order valence-corrected chi connectivity index (χ0v) is 4.81. The van der Waals surface area contributed by atoms with E-state index in [9.17, 15) is 4.79 Å². The van der Waals surface area contributed by atoms with Crippen LogP contribution in [0.5, 0.6) is 0 Å². The standard InChI is InChI=1S/C6H8O2/c1-4-3-6(7)8-5(4)2/h4H,2-3H2,1H3/t4-/m0/s1. The van der Waals surface area contributed by atoms with Crippen LogP contribution in [0, 0.1) is 5.92 Å². The molecule has 1 aliphatic rings. The van der Waals surface area contributed by atoms with Gasteiger partial charge in [0.15, 0.2) is 0 Å². The molecule has 2 nitrogen and oxygen atoms in total. The van der Waals surface area contributed by atoms with Crippen molar-refractivity contribution in [1.29, 1.82) is 0 Å². The summed E-state index contributed by atoms with van der Waals surface area (Å²) in [6, 6.07) is 0. The monoisotopic (exact) mass is 112 g/mol. The molecule has 1 aliphatic heterocycles. The van der Waals surface area contributed by atoms with Gasteiger partial charge in [-0.25, -0.2) is 0 Å². The molecule has 1 heterocycles. The molecule has 0 aliphatic carbocycles. The first kappa shape index (κ1) is 5.35. The minimum absolute atomic E-state index is 0.150. The van der Waals surface area contributed by atoms with Gasteiger partial charge in [-0.2, -0.15) is 0 Å². The minimum Gasteiger partial charge on any atom is -0.431 e. The molecule has 0 amide bonds. The summed E-state index contributed by atoms with van der Waals surface area (Å²) in [5.74, 6) is 0.681. The lowest BCUT2D eigenvalue weighted by molar-refractivity contribution is -0.135. The highest BCUT2D eigenvalue weighted by Crippen LogP contribution is 2.22. The van der Waals surface area contributed by atoms with Crippen LogP contribution in [0.1, 0.15) is 13.3 Å². The van der Waals surface area contributed by atoms with Gasteiger partial charge < -0.3 is 4.74 Å². The van der Waals surface area contributed by atoms with Gasteiger partial charge >= 0.3 is 5.97 Å². The Hall–Kier alpha value is -0.790. The van der Waals surface area contributed by atoms with Crippen molar-refractivity contribution in [2.24, 2.45) is 5.92 Å². The van der Waals surface area contributed by atoms with Crippen LogP contribution in [0.2, 0.25) is 0 Å². The smallest absolute Gasteiger partial charge is 0.311 e. The highest BCUT2D eigenvalue weighted by Gasteiger charge is 2.23. The highest BCUT2D eigenvalue weighted by molar-refractivity contribution is 5.73. The quantitative estimate of drug-likeness (QED) is 0.438. The number of carbonyl (C=O) groups is 1. The number of allylic oxidation sites excluding steroid dienone is 1. The van der Waals surface area contributed by atoms with Crippen molar-refractivity contribution in [3.63, 3.8) is 0 Å². The molecule has 0 saturated carbocycles. The summed E-state index contributed by atoms with van der Waals surface area (Å²) < 4.78 is 4.64. The van der Waals surface area contributed by atoms with Crippen molar-refractivity contribution in [2.45, 2.75) is 13.3 Å². The molecule has 0 N–H and O–H groups in total. The van der Waals surface area contributed by atoms with E-state index in [-0.39, 0.29) is 11.9 Å². The third-order valence-corrected chi connectivity index (χ3v) is 1.27. The fourth-order valence-electron chi connectivity index (χ4n) is 0.652. The summed E-state index contributed by atoms with van der Waals surface area (Å²) in [5, 5.41) is 0. The topological polar surface area (TPSA) is 26.3 Å². The van der Waals surface area contributed by atoms with Crippen LogP contribution in [0.4, 0.5) is 0 Å². The van der Waals surface area contributed by atoms with Crippen molar-refractivity contribution in [2.75, 3.05) is 0 Å². The molecule has 1 rings (SSSR count). The van der Waals surface area contributed by atoms with Gasteiger partial charge in [-0.15, -0.1) is 0 Å². The van der Waals surface area contributed by atoms with Crippen LogP contribution in [-0.4, -0.2) is 5.97 Å². The van der Waals surface area contributed by atoms with E-state index in [1.54, 1.807) is 0 Å². The first-order valence-electron chi connectivity index (χ1n) is 2.59. The van der Waals surface area contributed by atoms with Crippen LogP contribution < -0.4 is 0 Å². The first-order chi connectivity index (χ1) is 3.70. The molecule has 0 bridgehead atoms. The van der Waals surface area contributed by atoms with Crippen molar-refractivity contribution < 1.29 is 9.53 Å². The normalized spacial score (nSPS) is 28.4. The van der Waals surface area contributed by atoms with Gasteiger partial charge in [0.2, 0.25) is 0 Å². The molecule has 0 unspecified atom stereocenters. The molecule has 1 atom stereocenters. The Balaban J connectivity index is 2.64. The van der Waals surface area contributed by atoms with Crippen molar-refractivity contribution in [3.8, 4) is 0 Å². The highest BCUT2D eigenvalue weighted by atomic mass is 16.5. The van der Waals surface area contributed by atoms with Gasteiger partial charge in [0.05, 0.1) is 6.42 Å². The maximum Gasteiger partial charge on any atom is 0.311 e. The largest absolute Gasteiger partial charge is 0.431 e. The summed E-state index contributed by atoms with van der Waals surface area (Å²) in [7, 11) is 0. The average Bonchev–Trinajstić information content (AvgIpc) is 1.85. The van der Waals surface area contributed by atoms with Crippen LogP contribution in [0.15, 0.2) is 12.3 Å². The number of hydrogen-bond donors (Lipinski definition) is 0. The number of esters is 1.